The van der Waals surface area contributed by atoms with E-state index in [1.807, 2.05) is 0 Å². The van der Waals surface area contributed by atoms with Crippen LogP contribution in [0.1, 0.15) is 30.6 Å². The van der Waals surface area contributed by atoms with Crippen LogP contribution in [0.5, 0.6) is 0 Å². The summed E-state index contributed by atoms with van der Waals surface area (Å²) < 4.78 is 0. The van der Waals surface area contributed by atoms with Crippen LogP contribution in [0.3, 0.4) is 0 Å². The Labute approximate surface area is 118 Å². The first-order valence-electron chi connectivity index (χ1n) is 5.47. The van der Waals surface area contributed by atoms with Gasteiger partial charge in [0, 0.05) is 11.7 Å². The van der Waals surface area contributed by atoms with Gasteiger partial charge in [-0.25, -0.2) is 4.98 Å². The number of nitrogens with one attached hydrogen (secondary N) is 1. The summed E-state index contributed by atoms with van der Waals surface area (Å²) in [4.78, 5) is 36.3. The average molecular weight is 302 g/mol. The summed E-state index contributed by atoms with van der Waals surface area (Å²) in [5.74, 6) is -1.88. The Bertz CT molecular complexity index is 573. The molecule has 0 aromatic carbocycles. The minimum absolute atomic E-state index is 0.270. The van der Waals surface area contributed by atoms with E-state index < -0.39 is 33.2 Å². The zero-order valence-electron chi connectivity index (χ0n) is 10.7. The molecule has 0 fully saturated rings. The third-order valence-corrected chi connectivity index (χ3v) is 2.63. The zero-order valence-corrected chi connectivity index (χ0v) is 11.5. The molecule has 0 aliphatic rings. The first-order chi connectivity index (χ1) is 9.14. The molecule has 1 amide bonds. The molecule has 1 aromatic rings. The molecule has 0 bridgehead atoms. The maximum absolute atomic E-state index is 12.0. The third-order valence-electron chi connectivity index (χ3n) is 2.35. The van der Waals surface area contributed by atoms with Gasteiger partial charge >= 0.3 is 11.7 Å². The van der Waals surface area contributed by atoms with E-state index in [-0.39, 0.29) is 12.0 Å². The van der Waals surface area contributed by atoms with Crippen LogP contribution in [0.25, 0.3) is 0 Å². The number of pyridine rings is 1. The molecule has 8 nitrogen and oxygen atoms in total. The first kappa shape index (κ1) is 15.8. The highest BCUT2D eigenvalue weighted by Crippen LogP contribution is 2.26. The lowest BCUT2D eigenvalue weighted by Gasteiger charge is -2.24. The molecule has 0 radical (unpaired) electrons. The normalized spacial score (nSPS) is 10.9. The molecule has 20 heavy (non-hydrogen) atoms. The molecule has 108 valence electrons. The SMILES string of the molecule is CC(C)(CC(=O)O)NC(=O)c1ccnc(Cl)c1[N+](=O)[O-]. The quantitative estimate of drug-likeness (QED) is 0.484. The van der Waals surface area contributed by atoms with Gasteiger partial charge in [0.05, 0.1) is 11.3 Å². The van der Waals surface area contributed by atoms with Crippen LogP contribution in [0.15, 0.2) is 12.3 Å². The van der Waals surface area contributed by atoms with E-state index in [0.29, 0.717) is 0 Å². The Hall–Kier alpha value is -2.22. The summed E-state index contributed by atoms with van der Waals surface area (Å²) in [6.45, 7) is 2.99. The van der Waals surface area contributed by atoms with Gasteiger partial charge in [-0.05, 0) is 19.9 Å². The van der Waals surface area contributed by atoms with E-state index in [1.54, 1.807) is 0 Å². The van der Waals surface area contributed by atoms with Crippen molar-refractivity contribution in [3.05, 3.63) is 33.1 Å². The molecule has 0 spiro atoms. The smallest absolute Gasteiger partial charge is 0.319 e. The molecule has 9 heteroatoms. The third kappa shape index (κ3) is 3.89. The molecular formula is C11H12ClN3O5. The van der Waals surface area contributed by atoms with Crippen LogP contribution in [0, 0.1) is 10.1 Å². The highest BCUT2D eigenvalue weighted by molar-refractivity contribution is 6.32. The predicted octanol–water partition coefficient (Wildman–Crippen LogP) is 1.63. The van der Waals surface area contributed by atoms with E-state index in [9.17, 15) is 19.7 Å². The van der Waals surface area contributed by atoms with E-state index >= 15 is 0 Å². The summed E-state index contributed by atoms with van der Waals surface area (Å²) >= 11 is 5.60. The molecule has 1 aromatic heterocycles. The van der Waals surface area contributed by atoms with E-state index in [0.717, 1.165) is 12.3 Å². The molecular weight excluding hydrogens is 290 g/mol. The van der Waals surface area contributed by atoms with Crippen molar-refractivity contribution in [2.75, 3.05) is 0 Å². The van der Waals surface area contributed by atoms with Crippen molar-refractivity contribution in [1.82, 2.24) is 10.3 Å². The number of hydrogen-bond acceptors (Lipinski definition) is 5. The van der Waals surface area contributed by atoms with E-state index in [2.05, 4.69) is 10.3 Å². The number of rotatable bonds is 5. The van der Waals surface area contributed by atoms with Gasteiger partial charge in [0.1, 0.15) is 5.56 Å². The zero-order chi connectivity index (χ0) is 15.5. The number of carboxylic acid groups (broad SMARTS) is 1. The Kier molecular flexibility index (Phi) is 4.61. The van der Waals surface area contributed by atoms with Crippen molar-refractivity contribution >= 4 is 29.2 Å². The Balaban J connectivity index is 3.08. The van der Waals surface area contributed by atoms with Crippen molar-refractivity contribution in [3.8, 4) is 0 Å². The minimum Gasteiger partial charge on any atom is -0.481 e. The topological polar surface area (TPSA) is 122 Å². The second-order valence-electron chi connectivity index (χ2n) is 4.66. The number of hydrogen-bond donors (Lipinski definition) is 2. The molecule has 2 N–H and O–H groups in total. The van der Waals surface area contributed by atoms with Gasteiger partial charge in [0.15, 0.2) is 0 Å². The number of amides is 1. The van der Waals surface area contributed by atoms with Crippen molar-refractivity contribution in [3.63, 3.8) is 0 Å². The molecule has 1 heterocycles. The van der Waals surface area contributed by atoms with Gasteiger partial charge in [0.2, 0.25) is 5.15 Å². The highest BCUT2D eigenvalue weighted by atomic mass is 35.5. The number of carbonyl (C=O) groups excluding carboxylic acids is 1. The number of nitro groups is 1. The van der Waals surface area contributed by atoms with Gasteiger partial charge in [-0.2, -0.15) is 0 Å². The Morgan fingerprint density at radius 2 is 2.15 bits per heavy atom. The Morgan fingerprint density at radius 1 is 1.55 bits per heavy atom. The lowest BCUT2D eigenvalue weighted by atomic mass is 10.00. The number of nitrogens with zero attached hydrogens (tertiary/aromatic N) is 2. The van der Waals surface area contributed by atoms with Crippen LogP contribution in [0.2, 0.25) is 5.15 Å². The summed E-state index contributed by atoms with van der Waals surface area (Å²) in [7, 11) is 0. The fourth-order valence-corrected chi connectivity index (χ4v) is 1.81. The van der Waals surface area contributed by atoms with Crippen molar-refractivity contribution in [1.29, 1.82) is 0 Å². The van der Waals surface area contributed by atoms with Crippen LogP contribution >= 0.6 is 11.6 Å². The van der Waals surface area contributed by atoms with E-state index in [4.69, 9.17) is 16.7 Å². The van der Waals surface area contributed by atoms with Gasteiger partial charge in [-0.15, -0.1) is 0 Å². The standard InChI is InChI=1S/C11H12ClN3O5/c1-11(2,5-7(16)17)14-10(18)6-3-4-13-9(12)8(6)15(19)20/h3-4H,5H2,1-2H3,(H,14,18)(H,16,17). The minimum atomic E-state index is -1.10. The molecule has 0 unspecified atom stereocenters. The molecule has 0 aliphatic carbocycles. The molecule has 1 rings (SSSR count). The summed E-state index contributed by atoms with van der Waals surface area (Å²) in [6.07, 6.45) is 0.833. The monoisotopic (exact) mass is 301 g/mol. The van der Waals surface area contributed by atoms with Gasteiger partial charge in [0.25, 0.3) is 5.91 Å². The van der Waals surface area contributed by atoms with Gasteiger partial charge in [-0.1, -0.05) is 11.6 Å². The molecule has 0 aliphatic heterocycles. The molecule has 0 saturated heterocycles. The van der Waals surface area contributed by atoms with Crippen LogP contribution in [-0.4, -0.2) is 32.4 Å². The number of carbonyl (C=O) groups is 2. The predicted molar refractivity (Wildman–Crippen MR) is 69.7 cm³/mol. The lowest BCUT2D eigenvalue weighted by Crippen LogP contribution is -2.45. The first-order valence-corrected chi connectivity index (χ1v) is 5.85. The van der Waals surface area contributed by atoms with Gasteiger partial charge < -0.3 is 10.4 Å². The van der Waals surface area contributed by atoms with Gasteiger partial charge in [-0.3, -0.25) is 19.7 Å². The number of aliphatic carboxylic acids is 1. The molecule has 0 atom stereocenters. The van der Waals surface area contributed by atoms with Crippen LogP contribution in [-0.2, 0) is 4.79 Å². The second kappa shape index (κ2) is 5.83. The number of carboxylic acids is 1. The summed E-state index contributed by atoms with van der Waals surface area (Å²) in [5.41, 5.74) is -1.95. The fourth-order valence-electron chi connectivity index (χ4n) is 1.58. The van der Waals surface area contributed by atoms with E-state index in [1.165, 1.54) is 13.8 Å². The number of halogens is 1. The fraction of sp³-hybridized carbons (Fsp3) is 0.364. The number of aromatic nitrogens is 1. The van der Waals surface area contributed by atoms with Crippen molar-refractivity contribution in [2.24, 2.45) is 0 Å². The molecule has 0 saturated carbocycles. The summed E-state index contributed by atoms with van der Waals surface area (Å²) in [5, 5.41) is 21.6. The largest absolute Gasteiger partial charge is 0.481 e. The second-order valence-corrected chi connectivity index (χ2v) is 5.02. The summed E-state index contributed by atoms with van der Waals surface area (Å²) in [6, 6.07) is 1.15. The lowest BCUT2D eigenvalue weighted by molar-refractivity contribution is -0.385. The maximum Gasteiger partial charge on any atom is 0.319 e. The highest BCUT2D eigenvalue weighted by Gasteiger charge is 2.29. The Morgan fingerprint density at radius 3 is 2.65 bits per heavy atom. The average Bonchev–Trinajstić information content (AvgIpc) is 2.25. The van der Waals surface area contributed by atoms with Crippen LogP contribution in [0.4, 0.5) is 5.69 Å². The maximum atomic E-state index is 12.0. The van der Waals surface area contributed by atoms with Crippen LogP contribution < -0.4 is 5.32 Å². The van der Waals surface area contributed by atoms with Crippen molar-refractivity contribution < 1.29 is 19.6 Å². The van der Waals surface area contributed by atoms with Crippen molar-refractivity contribution in [2.45, 2.75) is 25.8 Å².